The van der Waals surface area contributed by atoms with Gasteiger partial charge in [0.1, 0.15) is 4.88 Å². The maximum Gasteiger partial charge on any atom is 0.349 e. The zero-order valence-corrected chi connectivity index (χ0v) is 20.2. The Balaban J connectivity index is 1.45. The molecule has 0 amide bonds. The highest BCUT2D eigenvalue weighted by Gasteiger charge is 2.17. The van der Waals surface area contributed by atoms with E-state index in [2.05, 4.69) is 31.7 Å². The second-order valence-corrected chi connectivity index (χ2v) is 9.34. The van der Waals surface area contributed by atoms with Crippen LogP contribution in [0.5, 0.6) is 0 Å². The van der Waals surface area contributed by atoms with Gasteiger partial charge in [0, 0.05) is 27.7 Å². The monoisotopic (exact) mass is 534 g/mol. The molecule has 0 bridgehead atoms. The van der Waals surface area contributed by atoms with Crippen molar-refractivity contribution in [3.8, 4) is 0 Å². The van der Waals surface area contributed by atoms with Crippen molar-refractivity contribution in [1.29, 1.82) is 0 Å². The summed E-state index contributed by atoms with van der Waals surface area (Å²) in [6, 6.07) is 13.6. The van der Waals surface area contributed by atoms with Gasteiger partial charge in [-0.2, -0.15) is 5.10 Å². The zero-order valence-electron chi connectivity index (χ0n) is 16.2. The molecule has 0 spiro atoms. The van der Waals surface area contributed by atoms with E-state index in [0.29, 0.717) is 21.6 Å². The summed E-state index contributed by atoms with van der Waals surface area (Å²) < 4.78 is 8.45. The van der Waals surface area contributed by atoms with Crippen LogP contribution >= 0.6 is 51.1 Å². The van der Waals surface area contributed by atoms with E-state index < -0.39 is 5.97 Å². The van der Waals surface area contributed by atoms with Crippen LogP contribution in [0.1, 0.15) is 15.2 Å². The lowest BCUT2D eigenvalue weighted by Crippen LogP contribution is -2.19. The third kappa shape index (κ3) is 5.07. The molecule has 2 aromatic heterocycles. The van der Waals surface area contributed by atoms with Crippen LogP contribution in [0.15, 0.2) is 59.3 Å². The molecule has 0 saturated carbocycles. The van der Waals surface area contributed by atoms with Gasteiger partial charge in [0.25, 0.3) is 0 Å². The Bertz CT molecular complexity index is 1290. The number of nitrogens with one attached hydrogen (secondary N) is 2. The first-order valence-corrected chi connectivity index (χ1v) is 11.5. The minimum atomic E-state index is -0.444. The molecule has 31 heavy (non-hydrogen) atoms. The molecule has 2 aromatic carbocycles. The van der Waals surface area contributed by atoms with Crippen molar-refractivity contribution in [1.82, 2.24) is 9.78 Å². The van der Waals surface area contributed by atoms with Crippen molar-refractivity contribution < 1.29 is 9.53 Å². The number of aromatic nitrogens is 2. The highest BCUT2D eigenvalue weighted by molar-refractivity contribution is 9.10. The number of methoxy groups -OCH3 is 1. The molecule has 0 radical (unpaired) electrons. The highest BCUT2D eigenvalue weighted by atomic mass is 79.9. The molecule has 0 aliphatic rings. The number of hydrogen-bond acceptors (Lipinski definition) is 5. The predicted molar refractivity (Wildman–Crippen MR) is 133 cm³/mol. The smallest absolute Gasteiger partial charge is 0.349 e. The topological polar surface area (TPSA) is 68.2 Å². The standard InChI is InChI=1S/C21H16BrClN4O2S2/c1-29-20(28)19-18(23)16-6-5-15(8-17(16)31-19)26-21(30)25-14-4-2-3-12(7-14)10-27-11-13(22)9-24-27/h2-9,11H,10H2,1H3,(H2,25,26,30). The fourth-order valence-electron chi connectivity index (χ4n) is 3.02. The number of thiocarbonyl (C=S) groups is 1. The number of benzene rings is 2. The van der Waals surface area contributed by atoms with Crippen LogP contribution in [0.25, 0.3) is 10.1 Å². The zero-order chi connectivity index (χ0) is 22.0. The van der Waals surface area contributed by atoms with Gasteiger partial charge in [0.05, 0.1) is 29.3 Å². The van der Waals surface area contributed by atoms with E-state index in [1.54, 1.807) is 6.20 Å². The lowest BCUT2D eigenvalue weighted by molar-refractivity contribution is 0.0606. The quantitative estimate of drug-likeness (QED) is 0.236. The Labute approximate surface area is 201 Å². The molecule has 0 unspecified atom stereocenters. The molecular formula is C21H16BrClN4O2S2. The van der Waals surface area contributed by atoms with E-state index in [1.165, 1.54) is 18.4 Å². The fourth-order valence-corrected chi connectivity index (χ4v) is 5.05. The molecule has 0 fully saturated rings. The number of rotatable bonds is 5. The van der Waals surface area contributed by atoms with Gasteiger partial charge < -0.3 is 15.4 Å². The van der Waals surface area contributed by atoms with E-state index in [0.717, 1.165) is 31.5 Å². The molecule has 0 aliphatic carbocycles. The van der Waals surface area contributed by atoms with Crippen LogP contribution in [0.2, 0.25) is 5.02 Å². The van der Waals surface area contributed by atoms with Crippen molar-refractivity contribution in [2.75, 3.05) is 17.7 Å². The SMILES string of the molecule is COC(=O)c1sc2cc(NC(=S)Nc3cccc(Cn4cc(Br)cn4)c3)ccc2c1Cl. The molecular weight excluding hydrogens is 520 g/mol. The van der Waals surface area contributed by atoms with Crippen LogP contribution < -0.4 is 10.6 Å². The lowest BCUT2D eigenvalue weighted by Gasteiger charge is -2.12. The lowest BCUT2D eigenvalue weighted by atomic mass is 10.2. The number of halogens is 2. The first-order chi connectivity index (χ1) is 14.9. The number of anilines is 2. The molecule has 0 saturated heterocycles. The van der Waals surface area contributed by atoms with Crippen molar-refractivity contribution >= 4 is 83.6 Å². The molecule has 2 heterocycles. The number of fused-ring (bicyclic) bond motifs is 1. The largest absolute Gasteiger partial charge is 0.465 e. The van der Waals surface area contributed by atoms with Crippen LogP contribution in [0, 0.1) is 0 Å². The van der Waals surface area contributed by atoms with Crippen molar-refractivity contribution in [2.24, 2.45) is 0 Å². The summed E-state index contributed by atoms with van der Waals surface area (Å²) in [5.41, 5.74) is 2.75. The van der Waals surface area contributed by atoms with Crippen LogP contribution in [-0.4, -0.2) is 28.0 Å². The van der Waals surface area contributed by atoms with E-state index in [4.69, 9.17) is 28.6 Å². The molecule has 0 aliphatic heterocycles. The van der Waals surface area contributed by atoms with E-state index >= 15 is 0 Å². The normalized spacial score (nSPS) is 10.8. The number of carbonyl (C=O) groups excluding carboxylic acids is 1. The Morgan fingerprint density at radius 2 is 2.03 bits per heavy atom. The molecule has 6 nitrogen and oxygen atoms in total. The molecule has 10 heteroatoms. The Morgan fingerprint density at radius 3 is 2.74 bits per heavy atom. The van der Waals surface area contributed by atoms with Crippen LogP contribution in [0.3, 0.4) is 0 Å². The number of hydrogen-bond donors (Lipinski definition) is 2. The summed E-state index contributed by atoms with van der Waals surface area (Å²) in [6.07, 6.45) is 3.68. The number of carbonyl (C=O) groups is 1. The number of esters is 1. The molecule has 4 rings (SSSR count). The Morgan fingerprint density at radius 1 is 1.26 bits per heavy atom. The van der Waals surface area contributed by atoms with Gasteiger partial charge in [-0.25, -0.2) is 4.79 Å². The first kappa shape index (κ1) is 21.8. The van der Waals surface area contributed by atoms with E-state index in [1.807, 2.05) is 53.3 Å². The third-order valence-electron chi connectivity index (χ3n) is 4.39. The van der Waals surface area contributed by atoms with Crippen LogP contribution in [-0.2, 0) is 11.3 Å². The number of thiophene rings is 1. The third-order valence-corrected chi connectivity index (χ3v) is 6.64. The fraction of sp³-hybridized carbons (Fsp3) is 0.0952. The van der Waals surface area contributed by atoms with Crippen molar-refractivity contribution in [3.05, 3.63) is 74.8 Å². The average Bonchev–Trinajstić information content (AvgIpc) is 3.30. The predicted octanol–water partition coefficient (Wildman–Crippen LogP) is 6.16. The Kier molecular flexibility index (Phi) is 6.57. The number of nitrogens with zero attached hydrogens (tertiary/aromatic N) is 2. The second-order valence-electron chi connectivity index (χ2n) is 6.58. The van der Waals surface area contributed by atoms with Gasteiger partial charge in [-0.1, -0.05) is 23.7 Å². The maximum atomic E-state index is 11.9. The maximum absolute atomic E-state index is 11.9. The summed E-state index contributed by atoms with van der Waals surface area (Å²) in [5, 5.41) is 12.3. The van der Waals surface area contributed by atoms with E-state index in [-0.39, 0.29) is 0 Å². The van der Waals surface area contributed by atoms with Gasteiger partial charge in [0.15, 0.2) is 5.11 Å². The van der Waals surface area contributed by atoms with Crippen molar-refractivity contribution in [2.45, 2.75) is 6.54 Å². The first-order valence-electron chi connectivity index (χ1n) is 9.08. The number of ether oxygens (including phenoxy) is 1. The molecule has 4 aromatic rings. The molecule has 0 atom stereocenters. The van der Waals surface area contributed by atoms with E-state index in [9.17, 15) is 4.79 Å². The van der Waals surface area contributed by atoms with Gasteiger partial charge in [-0.3, -0.25) is 4.68 Å². The Hall–Kier alpha value is -2.46. The van der Waals surface area contributed by atoms with Gasteiger partial charge in [-0.15, -0.1) is 11.3 Å². The summed E-state index contributed by atoms with van der Waals surface area (Å²) >= 11 is 16.5. The summed E-state index contributed by atoms with van der Waals surface area (Å²) in [6.45, 7) is 0.652. The average molecular weight is 536 g/mol. The minimum absolute atomic E-state index is 0.387. The minimum Gasteiger partial charge on any atom is -0.465 e. The summed E-state index contributed by atoms with van der Waals surface area (Å²) in [4.78, 5) is 12.3. The molecule has 2 N–H and O–H groups in total. The molecule has 158 valence electrons. The van der Waals surface area contributed by atoms with Crippen LogP contribution in [0.4, 0.5) is 11.4 Å². The summed E-state index contributed by atoms with van der Waals surface area (Å²) in [5.74, 6) is -0.444. The highest BCUT2D eigenvalue weighted by Crippen LogP contribution is 2.37. The van der Waals surface area contributed by atoms with Gasteiger partial charge >= 0.3 is 5.97 Å². The van der Waals surface area contributed by atoms with Gasteiger partial charge in [-0.05, 0) is 64.0 Å². The second kappa shape index (κ2) is 9.35. The van der Waals surface area contributed by atoms with Crippen molar-refractivity contribution in [3.63, 3.8) is 0 Å². The van der Waals surface area contributed by atoms with Gasteiger partial charge in [0.2, 0.25) is 0 Å². The summed E-state index contributed by atoms with van der Waals surface area (Å²) in [7, 11) is 1.34.